The van der Waals surface area contributed by atoms with Gasteiger partial charge in [-0.15, -0.1) is 11.3 Å². The maximum Gasteiger partial charge on any atom is 0.339 e. The van der Waals surface area contributed by atoms with Crippen LogP contribution >= 0.6 is 11.3 Å². The summed E-state index contributed by atoms with van der Waals surface area (Å²) in [6.45, 7) is 3.88. The Balaban J connectivity index is 1.42. The number of carbonyl (C=O) groups is 1. The van der Waals surface area contributed by atoms with Crippen molar-refractivity contribution in [1.82, 2.24) is 25.2 Å². The maximum absolute atomic E-state index is 12.2. The van der Waals surface area contributed by atoms with E-state index >= 15 is 0 Å². The van der Waals surface area contributed by atoms with Crippen LogP contribution in [0.3, 0.4) is 0 Å². The van der Waals surface area contributed by atoms with Crippen LogP contribution in [0, 0.1) is 24.0 Å². The van der Waals surface area contributed by atoms with E-state index < -0.39 is 11.0 Å². The molecule has 0 atom stereocenters. The summed E-state index contributed by atoms with van der Waals surface area (Å²) < 4.78 is 1.69. The number of nitrogens with zero attached hydrogens (tertiary/aromatic N) is 5. The molecule has 4 aromatic rings. The third kappa shape index (κ3) is 4.14. The molecule has 0 aliphatic carbocycles. The van der Waals surface area contributed by atoms with Crippen LogP contribution in [0.15, 0.2) is 35.7 Å². The lowest BCUT2D eigenvalue weighted by atomic mass is 10.1. The van der Waals surface area contributed by atoms with Crippen molar-refractivity contribution < 1.29 is 9.72 Å². The molecule has 158 valence electrons. The number of anilines is 2. The molecule has 0 spiro atoms. The van der Waals surface area contributed by atoms with Gasteiger partial charge in [-0.05, 0) is 25.5 Å². The van der Waals surface area contributed by atoms with Gasteiger partial charge in [0.15, 0.2) is 5.65 Å². The summed E-state index contributed by atoms with van der Waals surface area (Å²) in [5.74, 6) is 0.798. The molecule has 0 aliphatic heterocycles. The number of aryl methyl sites for hydroxylation is 3. The lowest BCUT2D eigenvalue weighted by Crippen LogP contribution is -2.34. The Morgan fingerprint density at radius 1 is 1.19 bits per heavy atom. The van der Waals surface area contributed by atoms with E-state index in [2.05, 4.69) is 31.2 Å². The lowest BCUT2D eigenvalue weighted by Gasteiger charge is -2.09. The first kappa shape index (κ1) is 20.2. The zero-order valence-corrected chi connectivity index (χ0v) is 17.6. The van der Waals surface area contributed by atoms with Gasteiger partial charge in [0.05, 0.1) is 10.6 Å². The zero-order valence-electron chi connectivity index (χ0n) is 16.8. The molecule has 3 heterocycles. The second-order valence-corrected chi connectivity index (χ2v) is 7.64. The van der Waals surface area contributed by atoms with Crippen LogP contribution in [0.5, 0.6) is 0 Å². The van der Waals surface area contributed by atoms with Crippen LogP contribution in [0.2, 0.25) is 0 Å². The number of aromatic nitrogens is 4. The number of hydrogen-bond acceptors (Lipinski definition) is 8. The number of fused-ring (bicyclic) bond motifs is 1. The van der Waals surface area contributed by atoms with Crippen molar-refractivity contribution >= 4 is 45.7 Å². The molecule has 1 aromatic carbocycles. The zero-order chi connectivity index (χ0) is 22.1. The standard InChI is InChI=1S/C19H18N8O3S/c1-10-7-14(20-17-16(10)11(2)25-26(17)3)23-24-19(28)22-15-9-31-18(21-15)12-5-4-6-13(8-12)27(29)30/h4-9H,1-3H3,(H,20,23)(H2,22,24,28). The molecule has 4 rings (SSSR count). The molecule has 0 saturated heterocycles. The monoisotopic (exact) mass is 438 g/mol. The van der Waals surface area contributed by atoms with Crippen molar-refractivity contribution in [3.63, 3.8) is 0 Å². The number of hydrogen-bond donors (Lipinski definition) is 3. The third-order valence-corrected chi connectivity index (χ3v) is 5.41. The minimum atomic E-state index is -0.531. The molecule has 0 aliphatic rings. The van der Waals surface area contributed by atoms with Crippen molar-refractivity contribution in [2.24, 2.45) is 7.05 Å². The van der Waals surface area contributed by atoms with Gasteiger partial charge in [0.2, 0.25) is 0 Å². The van der Waals surface area contributed by atoms with Crippen LogP contribution in [0.25, 0.3) is 21.6 Å². The van der Waals surface area contributed by atoms with E-state index in [0.29, 0.717) is 27.9 Å². The van der Waals surface area contributed by atoms with E-state index in [4.69, 9.17) is 0 Å². The van der Waals surface area contributed by atoms with Gasteiger partial charge in [-0.25, -0.2) is 20.2 Å². The molecular formula is C19H18N8O3S. The molecular weight excluding hydrogens is 420 g/mol. The van der Waals surface area contributed by atoms with Gasteiger partial charge in [0.25, 0.3) is 5.69 Å². The molecule has 3 N–H and O–H groups in total. The summed E-state index contributed by atoms with van der Waals surface area (Å²) in [5, 5.41) is 21.1. The number of urea groups is 1. The van der Waals surface area contributed by atoms with Crippen molar-refractivity contribution in [3.8, 4) is 10.6 Å². The molecule has 0 saturated carbocycles. The predicted molar refractivity (Wildman–Crippen MR) is 118 cm³/mol. The fourth-order valence-electron chi connectivity index (χ4n) is 3.21. The van der Waals surface area contributed by atoms with Crippen LogP contribution in [0.1, 0.15) is 11.3 Å². The maximum atomic E-state index is 12.2. The van der Waals surface area contributed by atoms with Gasteiger partial charge in [0.1, 0.15) is 16.6 Å². The molecule has 0 unspecified atom stereocenters. The van der Waals surface area contributed by atoms with Gasteiger partial charge in [-0.2, -0.15) is 5.10 Å². The van der Waals surface area contributed by atoms with Crippen molar-refractivity contribution in [1.29, 1.82) is 0 Å². The van der Waals surface area contributed by atoms with Gasteiger partial charge in [-0.3, -0.25) is 25.5 Å². The Kier molecular flexibility index (Phi) is 5.21. The number of rotatable bonds is 5. The number of thiazole rings is 1. The topological polar surface area (TPSA) is 140 Å². The average molecular weight is 438 g/mol. The average Bonchev–Trinajstić information content (AvgIpc) is 3.31. The lowest BCUT2D eigenvalue weighted by molar-refractivity contribution is -0.384. The summed E-state index contributed by atoms with van der Waals surface area (Å²) in [4.78, 5) is 31.5. The predicted octanol–water partition coefficient (Wildman–Crippen LogP) is 3.77. The Morgan fingerprint density at radius 2 is 2.00 bits per heavy atom. The first-order chi connectivity index (χ1) is 14.8. The first-order valence-corrected chi connectivity index (χ1v) is 10.0. The second-order valence-electron chi connectivity index (χ2n) is 6.78. The van der Waals surface area contributed by atoms with E-state index in [0.717, 1.165) is 16.6 Å². The SMILES string of the molecule is Cc1cc(NNC(=O)Nc2csc(-c3cccc([N+](=O)[O-])c3)n2)nc2c1c(C)nn2C. The molecule has 31 heavy (non-hydrogen) atoms. The van der Waals surface area contributed by atoms with Crippen molar-refractivity contribution in [2.45, 2.75) is 13.8 Å². The summed E-state index contributed by atoms with van der Waals surface area (Å²) in [6, 6.07) is 7.46. The van der Waals surface area contributed by atoms with Crippen LogP contribution in [0.4, 0.5) is 22.1 Å². The Labute approximate surface area is 180 Å². The van der Waals surface area contributed by atoms with Gasteiger partial charge >= 0.3 is 6.03 Å². The number of pyridine rings is 1. The summed E-state index contributed by atoms with van der Waals surface area (Å²) >= 11 is 1.27. The highest BCUT2D eigenvalue weighted by Crippen LogP contribution is 2.28. The smallest absolute Gasteiger partial charge is 0.290 e. The van der Waals surface area contributed by atoms with E-state index in [1.54, 1.807) is 22.2 Å². The summed E-state index contributed by atoms with van der Waals surface area (Å²) in [6.07, 6.45) is 0. The minimum Gasteiger partial charge on any atom is -0.290 e. The highest BCUT2D eigenvalue weighted by molar-refractivity contribution is 7.13. The van der Waals surface area contributed by atoms with E-state index in [9.17, 15) is 14.9 Å². The quantitative estimate of drug-likeness (QED) is 0.318. The molecule has 11 nitrogen and oxygen atoms in total. The number of hydrazine groups is 1. The number of nitrogens with one attached hydrogen (secondary N) is 3. The number of non-ortho nitro benzene ring substituents is 1. The van der Waals surface area contributed by atoms with E-state index in [1.807, 2.05) is 27.0 Å². The molecule has 0 fully saturated rings. The van der Waals surface area contributed by atoms with Crippen LogP contribution in [-0.4, -0.2) is 30.7 Å². The summed E-state index contributed by atoms with van der Waals surface area (Å²) in [7, 11) is 1.81. The number of nitro benzene ring substituents is 1. The fourth-order valence-corrected chi connectivity index (χ4v) is 3.96. The van der Waals surface area contributed by atoms with Gasteiger partial charge in [-0.1, -0.05) is 12.1 Å². The van der Waals surface area contributed by atoms with Crippen molar-refractivity contribution in [3.05, 3.63) is 57.1 Å². The molecule has 12 heteroatoms. The molecule has 2 amide bonds. The highest BCUT2D eigenvalue weighted by atomic mass is 32.1. The number of benzene rings is 1. The van der Waals surface area contributed by atoms with E-state index in [-0.39, 0.29) is 5.69 Å². The summed E-state index contributed by atoms with van der Waals surface area (Å²) in [5.41, 5.74) is 8.47. The van der Waals surface area contributed by atoms with Crippen LogP contribution in [-0.2, 0) is 7.05 Å². The number of nitro groups is 1. The Hall–Kier alpha value is -4.06. The first-order valence-electron chi connectivity index (χ1n) is 9.16. The minimum absolute atomic E-state index is 0.0208. The van der Waals surface area contributed by atoms with Gasteiger partial charge in [0, 0.05) is 35.5 Å². The number of amides is 2. The van der Waals surface area contributed by atoms with Gasteiger partial charge < -0.3 is 0 Å². The fraction of sp³-hybridized carbons (Fsp3) is 0.158. The largest absolute Gasteiger partial charge is 0.339 e. The molecule has 0 bridgehead atoms. The molecule has 3 aromatic heterocycles. The van der Waals surface area contributed by atoms with Crippen molar-refractivity contribution in [2.75, 3.05) is 10.7 Å². The third-order valence-electron chi connectivity index (χ3n) is 4.52. The highest BCUT2D eigenvalue weighted by Gasteiger charge is 2.13. The van der Waals surface area contributed by atoms with Crippen LogP contribution < -0.4 is 16.2 Å². The molecule has 0 radical (unpaired) electrons. The Morgan fingerprint density at radius 3 is 2.77 bits per heavy atom. The second kappa shape index (κ2) is 7.99. The Bertz CT molecular complexity index is 1310. The number of carbonyl (C=O) groups excluding carboxylic acids is 1. The normalized spacial score (nSPS) is 10.8. The van der Waals surface area contributed by atoms with E-state index in [1.165, 1.54) is 23.5 Å².